The Morgan fingerprint density at radius 2 is 2.00 bits per heavy atom. The number of hydrogen-bond donors (Lipinski definition) is 2. The number of fused-ring (bicyclic) bond motifs is 1. The molecule has 7 heteroatoms. The van der Waals surface area contributed by atoms with Crippen LogP contribution in [0.25, 0.3) is 0 Å². The maximum absolute atomic E-state index is 12.6. The number of aliphatic imine (C=N–C) groups is 1. The third-order valence-corrected chi connectivity index (χ3v) is 4.21. The average Bonchev–Trinajstić information content (AvgIpc) is 2.68. The van der Waals surface area contributed by atoms with Crippen LogP contribution in [0.3, 0.4) is 0 Å². The summed E-state index contributed by atoms with van der Waals surface area (Å²) in [5.41, 5.74) is 3.18. The van der Waals surface area contributed by atoms with Crippen LogP contribution in [-0.2, 0) is 17.8 Å². The number of nitrogens with zero attached hydrogens (tertiary/aromatic N) is 3. The van der Waals surface area contributed by atoms with E-state index in [-0.39, 0.29) is 36.4 Å². The Balaban J connectivity index is 0.00000243. The summed E-state index contributed by atoms with van der Waals surface area (Å²) in [7, 11) is 1.69. The molecule has 0 radical (unpaired) electrons. The Hall–Kier alpha value is -2.16. The predicted octanol–water partition coefficient (Wildman–Crippen LogP) is 2.34. The molecule has 1 aromatic carbocycles. The first-order valence-corrected chi connectivity index (χ1v) is 8.50. The van der Waals surface area contributed by atoms with Crippen LogP contribution < -0.4 is 15.5 Å². The number of halogens is 1. The van der Waals surface area contributed by atoms with Crippen molar-refractivity contribution in [3.63, 3.8) is 0 Å². The van der Waals surface area contributed by atoms with Gasteiger partial charge in [0.25, 0.3) is 0 Å². The van der Waals surface area contributed by atoms with Gasteiger partial charge in [-0.2, -0.15) is 0 Å². The Morgan fingerprint density at radius 1 is 1.19 bits per heavy atom. The van der Waals surface area contributed by atoms with E-state index in [4.69, 9.17) is 0 Å². The number of hydrogen-bond acceptors (Lipinski definition) is 3. The van der Waals surface area contributed by atoms with E-state index in [1.807, 2.05) is 41.3 Å². The van der Waals surface area contributed by atoms with Crippen LogP contribution in [0.1, 0.15) is 17.7 Å². The Morgan fingerprint density at radius 3 is 2.77 bits per heavy atom. The fourth-order valence-electron chi connectivity index (χ4n) is 2.95. The number of para-hydroxylation sites is 1. The number of amides is 1. The maximum Gasteiger partial charge on any atom is 0.246 e. The topological polar surface area (TPSA) is 69.6 Å². The molecule has 0 fully saturated rings. The molecule has 2 aromatic rings. The largest absolute Gasteiger partial charge is 0.351 e. The van der Waals surface area contributed by atoms with Gasteiger partial charge in [-0.05, 0) is 36.6 Å². The molecule has 2 N–H and O–H groups in total. The van der Waals surface area contributed by atoms with Gasteiger partial charge in [-0.15, -0.1) is 24.0 Å². The van der Waals surface area contributed by atoms with E-state index >= 15 is 0 Å². The minimum Gasteiger partial charge on any atom is -0.351 e. The Kier molecular flexibility index (Phi) is 7.83. The van der Waals surface area contributed by atoms with Crippen molar-refractivity contribution in [1.29, 1.82) is 0 Å². The van der Waals surface area contributed by atoms with Gasteiger partial charge in [-0.25, -0.2) is 0 Å². The van der Waals surface area contributed by atoms with Gasteiger partial charge in [0.05, 0.1) is 18.8 Å². The summed E-state index contributed by atoms with van der Waals surface area (Å²) in [5.74, 6) is 0.636. The molecule has 2 heterocycles. The number of aryl methyl sites for hydroxylation is 1. The highest BCUT2D eigenvalue weighted by Gasteiger charge is 2.21. The summed E-state index contributed by atoms with van der Waals surface area (Å²) < 4.78 is 0. The summed E-state index contributed by atoms with van der Waals surface area (Å²) >= 11 is 0. The molecule has 26 heavy (non-hydrogen) atoms. The molecule has 1 aliphatic heterocycles. The standard InChI is InChI=1S/C19H23N5O.HI/c1-20-19(22-13-16-9-4-5-11-21-16)23-14-18(25)24-12-6-8-15-7-2-3-10-17(15)24;/h2-5,7,9-11H,6,8,12-14H2,1H3,(H2,20,22,23);1H. The molecule has 0 saturated carbocycles. The highest BCUT2D eigenvalue weighted by molar-refractivity contribution is 14.0. The zero-order valence-corrected chi connectivity index (χ0v) is 17.1. The summed E-state index contributed by atoms with van der Waals surface area (Å²) in [6.45, 7) is 1.52. The highest BCUT2D eigenvalue weighted by atomic mass is 127. The fourth-order valence-corrected chi connectivity index (χ4v) is 2.95. The van der Waals surface area contributed by atoms with Gasteiger partial charge in [0.1, 0.15) is 0 Å². The fraction of sp³-hybridized carbons (Fsp3) is 0.316. The zero-order valence-electron chi connectivity index (χ0n) is 14.8. The SMILES string of the molecule is CN=C(NCC(=O)N1CCCc2ccccc21)NCc1ccccn1.I. The summed E-state index contributed by atoms with van der Waals surface area (Å²) in [5, 5.41) is 6.26. The lowest BCUT2D eigenvalue weighted by atomic mass is 10.0. The quantitative estimate of drug-likeness (QED) is 0.413. The first kappa shape index (κ1) is 20.2. The lowest BCUT2D eigenvalue weighted by Crippen LogP contribution is -2.46. The second kappa shape index (κ2) is 10.1. The lowest BCUT2D eigenvalue weighted by molar-refractivity contribution is -0.117. The molecular weight excluding hydrogens is 441 g/mol. The highest BCUT2D eigenvalue weighted by Crippen LogP contribution is 2.26. The van der Waals surface area contributed by atoms with Gasteiger partial charge >= 0.3 is 0 Å². The monoisotopic (exact) mass is 465 g/mol. The van der Waals surface area contributed by atoms with Gasteiger partial charge in [0, 0.05) is 25.5 Å². The van der Waals surface area contributed by atoms with E-state index in [1.54, 1.807) is 13.2 Å². The Bertz CT molecular complexity index is 751. The molecule has 6 nitrogen and oxygen atoms in total. The van der Waals surface area contributed by atoms with Gasteiger partial charge in [-0.3, -0.25) is 14.8 Å². The van der Waals surface area contributed by atoms with Crippen LogP contribution >= 0.6 is 24.0 Å². The molecule has 1 amide bonds. The lowest BCUT2D eigenvalue weighted by Gasteiger charge is -2.29. The van der Waals surface area contributed by atoms with Crippen molar-refractivity contribution >= 4 is 41.5 Å². The summed E-state index contributed by atoms with van der Waals surface area (Å²) in [6, 6.07) is 13.9. The predicted molar refractivity (Wildman–Crippen MR) is 115 cm³/mol. The number of carbonyl (C=O) groups excluding carboxylic acids is 1. The summed E-state index contributed by atoms with van der Waals surface area (Å²) in [4.78, 5) is 22.9. The second-order valence-electron chi connectivity index (χ2n) is 5.88. The number of rotatable bonds is 4. The van der Waals surface area contributed by atoms with Crippen LogP contribution in [0, 0.1) is 0 Å². The molecule has 1 aromatic heterocycles. The molecule has 0 atom stereocenters. The van der Waals surface area contributed by atoms with E-state index in [2.05, 4.69) is 26.7 Å². The van der Waals surface area contributed by atoms with Crippen LogP contribution in [0.2, 0.25) is 0 Å². The van der Waals surface area contributed by atoms with Crippen molar-refractivity contribution in [2.45, 2.75) is 19.4 Å². The minimum atomic E-state index is 0. The van der Waals surface area contributed by atoms with Gasteiger partial charge < -0.3 is 15.5 Å². The second-order valence-corrected chi connectivity index (χ2v) is 5.88. The van der Waals surface area contributed by atoms with Crippen LogP contribution in [0.15, 0.2) is 53.7 Å². The van der Waals surface area contributed by atoms with E-state index in [0.717, 1.165) is 30.8 Å². The summed E-state index contributed by atoms with van der Waals surface area (Å²) in [6.07, 6.45) is 3.78. The Labute approximate surface area is 171 Å². The molecule has 1 aliphatic rings. The number of pyridine rings is 1. The molecule has 0 saturated heterocycles. The minimum absolute atomic E-state index is 0. The van der Waals surface area contributed by atoms with Crippen LogP contribution in [0.5, 0.6) is 0 Å². The van der Waals surface area contributed by atoms with Gasteiger partial charge in [0.15, 0.2) is 5.96 Å². The number of benzene rings is 1. The van der Waals surface area contributed by atoms with E-state index in [0.29, 0.717) is 12.5 Å². The average molecular weight is 465 g/mol. The molecule has 0 bridgehead atoms. The molecule has 0 spiro atoms. The normalized spacial score (nSPS) is 13.4. The van der Waals surface area contributed by atoms with Crippen molar-refractivity contribution in [3.8, 4) is 0 Å². The van der Waals surface area contributed by atoms with Crippen LogP contribution in [-0.4, -0.2) is 37.0 Å². The van der Waals surface area contributed by atoms with E-state index in [9.17, 15) is 4.79 Å². The third-order valence-electron chi connectivity index (χ3n) is 4.21. The van der Waals surface area contributed by atoms with Gasteiger partial charge in [-0.1, -0.05) is 24.3 Å². The first-order chi connectivity index (χ1) is 12.3. The molecule has 0 unspecified atom stereocenters. The molecular formula is C19H24IN5O. The molecule has 138 valence electrons. The third kappa shape index (κ3) is 5.17. The van der Waals surface area contributed by atoms with Crippen molar-refractivity contribution in [2.24, 2.45) is 4.99 Å². The van der Waals surface area contributed by atoms with Crippen molar-refractivity contribution in [1.82, 2.24) is 15.6 Å². The van der Waals surface area contributed by atoms with Gasteiger partial charge in [0.2, 0.25) is 5.91 Å². The van der Waals surface area contributed by atoms with Crippen molar-refractivity contribution < 1.29 is 4.79 Å². The smallest absolute Gasteiger partial charge is 0.246 e. The number of guanidine groups is 1. The number of anilines is 1. The number of nitrogens with one attached hydrogen (secondary N) is 2. The van der Waals surface area contributed by atoms with Crippen molar-refractivity contribution in [3.05, 3.63) is 59.9 Å². The number of aromatic nitrogens is 1. The molecule has 0 aliphatic carbocycles. The first-order valence-electron chi connectivity index (χ1n) is 8.50. The zero-order chi connectivity index (χ0) is 17.5. The van der Waals surface area contributed by atoms with E-state index in [1.165, 1.54) is 5.56 Å². The van der Waals surface area contributed by atoms with Crippen molar-refractivity contribution in [2.75, 3.05) is 25.0 Å². The molecule has 3 rings (SSSR count). The number of carbonyl (C=O) groups is 1. The maximum atomic E-state index is 12.6. The van der Waals surface area contributed by atoms with E-state index < -0.39 is 0 Å². The van der Waals surface area contributed by atoms with Crippen LogP contribution in [0.4, 0.5) is 5.69 Å².